The number of anilines is 2. The summed E-state index contributed by atoms with van der Waals surface area (Å²) < 4.78 is 46.7. The normalized spacial score (nSPS) is 14.6. The van der Waals surface area contributed by atoms with Gasteiger partial charge in [-0.2, -0.15) is 0 Å². The first-order chi connectivity index (χ1) is 16.2. The fraction of sp³-hybridized carbons (Fsp3) is 0.292. The van der Waals surface area contributed by atoms with E-state index in [0.717, 1.165) is 24.1 Å². The van der Waals surface area contributed by atoms with Gasteiger partial charge in [-0.1, -0.05) is 19.1 Å². The highest BCUT2D eigenvalue weighted by molar-refractivity contribution is 5.98. The molecule has 1 aliphatic heterocycles. The molecule has 0 saturated heterocycles. The second-order valence-electron chi connectivity index (χ2n) is 7.75. The molecule has 2 aromatic carbocycles. The summed E-state index contributed by atoms with van der Waals surface area (Å²) in [6.07, 6.45) is 6.02. The van der Waals surface area contributed by atoms with Crippen LogP contribution in [-0.4, -0.2) is 37.6 Å². The molecule has 0 unspecified atom stereocenters. The van der Waals surface area contributed by atoms with Crippen molar-refractivity contribution in [2.45, 2.75) is 20.3 Å². The molecule has 7 nitrogen and oxygen atoms in total. The monoisotopic (exact) mass is 474 g/mol. The Morgan fingerprint density at radius 2 is 1.88 bits per heavy atom. The molecular weight excluding hydrogens is 445 g/mol. The largest absolute Gasteiger partial charge is 0.494 e. The summed E-state index contributed by atoms with van der Waals surface area (Å²) in [4.78, 5) is 4.58. The second kappa shape index (κ2) is 11.0. The maximum absolute atomic E-state index is 13.9. The summed E-state index contributed by atoms with van der Waals surface area (Å²) in [6.45, 7) is 5.09. The van der Waals surface area contributed by atoms with E-state index >= 15 is 0 Å². The first kappa shape index (κ1) is 25.0. The summed E-state index contributed by atoms with van der Waals surface area (Å²) in [5.74, 6) is 3.26. The lowest BCUT2D eigenvalue weighted by atomic mass is 10.1. The number of nitrogens with zero attached hydrogens (tertiary/aromatic N) is 4. The van der Waals surface area contributed by atoms with Crippen molar-refractivity contribution in [2.24, 2.45) is 16.6 Å². The first-order valence-electron chi connectivity index (χ1n) is 10.8. The standard InChI is InChI=1S/C24H29F3N6O/c1-4-10-33-23(30-9-11-32(33)18-13-19(25)24(27)20(26)14-18)8-6-17-5-7-21(22(12-17)34-3)31(29)15-16(2)28/h5-8,12-15H,4,9-11,28-29H2,1-3H3/b8-6+,16-15-. The number of hydrogen-bond acceptors (Lipinski definition) is 7. The minimum atomic E-state index is -1.48. The maximum Gasteiger partial charge on any atom is 0.194 e. The summed E-state index contributed by atoms with van der Waals surface area (Å²) >= 11 is 0. The molecule has 0 amide bonds. The Bertz CT molecular complexity index is 1090. The first-order valence-corrected chi connectivity index (χ1v) is 10.8. The van der Waals surface area contributed by atoms with E-state index in [4.69, 9.17) is 16.3 Å². The van der Waals surface area contributed by atoms with Gasteiger partial charge in [0, 0.05) is 30.6 Å². The number of ether oxygens (including phenoxy) is 1. The lowest BCUT2D eigenvalue weighted by Crippen LogP contribution is -2.51. The molecule has 3 rings (SSSR count). The van der Waals surface area contributed by atoms with Crippen LogP contribution < -0.4 is 26.3 Å². The summed E-state index contributed by atoms with van der Waals surface area (Å²) in [5, 5.41) is 4.92. The van der Waals surface area contributed by atoms with E-state index in [1.54, 1.807) is 31.3 Å². The fourth-order valence-electron chi connectivity index (χ4n) is 3.60. The van der Waals surface area contributed by atoms with Gasteiger partial charge in [0.15, 0.2) is 17.5 Å². The Labute approximate surface area is 197 Å². The number of amidine groups is 1. The number of hydrogen-bond donors (Lipinski definition) is 2. The van der Waals surface area contributed by atoms with Gasteiger partial charge in [0.05, 0.1) is 31.6 Å². The molecule has 0 radical (unpaired) electrons. The third-order valence-corrected chi connectivity index (χ3v) is 5.09. The highest BCUT2D eigenvalue weighted by Crippen LogP contribution is 2.29. The van der Waals surface area contributed by atoms with Crippen molar-refractivity contribution >= 4 is 23.3 Å². The van der Waals surface area contributed by atoms with Crippen LogP contribution in [0, 0.1) is 17.5 Å². The zero-order valence-corrected chi connectivity index (χ0v) is 19.4. The van der Waals surface area contributed by atoms with Gasteiger partial charge in [0.2, 0.25) is 0 Å². The zero-order chi connectivity index (χ0) is 24.8. The lowest BCUT2D eigenvalue weighted by molar-refractivity contribution is 0.367. The van der Waals surface area contributed by atoms with Crippen LogP contribution in [0.1, 0.15) is 25.8 Å². The summed E-state index contributed by atoms with van der Waals surface area (Å²) in [6, 6.07) is 7.48. The molecule has 0 aliphatic carbocycles. The Morgan fingerprint density at radius 3 is 2.50 bits per heavy atom. The van der Waals surface area contributed by atoms with E-state index in [2.05, 4.69) is 4.99 Å². The zero-order valence-electron chi connectivity index (χ0n) is 19.4. The number of halogens is 3. The van der Waals surface area contributed by atoms with Crippen LogP contribution in [0.2, 0.25) is 0 Å². The van der Waals surface area contributed by atoms with E-state index < -0.39 is 17.5 Å². The average Bonchev–Trinajstić information content (AvgIpc) is 2.81. The van der Waals surface area contributed by atoms with Gasteiger partial charge in [0.1, 0.15) is 11.6 Å². The third kappa shape index (κ3) is 5.63. The second-order valence-corrected chi connectivity index (χ2v) is 7.75. The molecule has 2 aromatic rings. The molecule has 0 atom stereocenters. The van der Waals surface area contributed by atoms with Crippen LogP contribution >= 0.6 is 0 Å². The fourth-order valence-corrected chi connectivity index (χ4v) is 3.60. The number of hydrazine groups is 2. The predicted molar refractivity (Wildman–Crippen MR) is 130 cm³/mol. The predicted octanol–water partition coefficient (Wildman–Crippen LogP) is 4.17. The molecule has 0 aromatic heterocycles. The van der Waals surface area contributed by atoms with E-state index in [0.29, 0.717) is 42.6 Å². The molecule has 0 fully saturated rings. The Kier molecular flexibility index (Phi) is 8.06. The Balaban J connectivity index is 1.88. The number of methoxy groups -OCH3 is 1. The molecule has 0 spiro atoms. The quantitative estimate of drug-likeness (QED) is 0.340. The number of nitrogens with two attached hydrogens (primary N) is 2. The molecule has 4 N–H and O–H groups in total. The van der Waals surface area contributed by atoms with Crippen LogP contribution in [0.3, 0.4) is 0 Å². The molecule has 1 aliphatic rings. The lowest BCUT2D eigenvalue weighted by Gasteiger charge is -2.40. The molecule has 182 valence electrons. The van der Waals surface area contributed by atoms with Crippen molar-refractivity contribution in [1.82, 2.24) is 5.01 Å². The molecule has 1 heterocycles. The summed E-state index contributed by atoms with van der Waals surface area (Å²) in [7, 11) is 1.55. The summed E-state index contributed by atoms with van der Waals surface area (Å²) in [5.41, 5.74) is 7.94. The van der Waals surface area contributed by atoms with E-state index in [-0.39, 0.29) is 5.69 Å². The molecule has 34 heavy (non-hydrogen) atoms. The molecule has 0 bridgehead atoms. The molecular formula is C24H29F3N6O. The highest BCUT2D eigenvalue weighted by Gasteiger charge is 2.24. The minimum Gasteiger partial charge on any atom is -0.494 e. The van der Waals surface area contributed by atoms with Crippen LogP contribution in [-0.2, 0) is 0 Å². The van der Waals surface area contributed by atoms with Gasteiger partial charge in [-0.3, -0.25) is 20.0 Å². The topological polar surface area (TPSA) is 83.3 Å². The third-order valence-electron chi connectivity index (χ3n) is 5.09. The van der Waals surface area contributed by atoms with E-state index in [1.165, 1.54) is 5.01 Å². The maximum atomic E-state index is 13.9. The van der Waals surface area contributed by atoms with Crippen molar-refractivity contribution < 1.29 is 17.9 Å². The number of rotatable bonds is 8. The van der Waals surface area contributed by atoms with Crippen molar-refractivity contribution in [3.05, 3.63) is 71.3 Å². The SMILES string of the molecule is CCCN1C(/C=C/c2ccc(N(N)/C=C(/C)N)c(OC)c2)=NCCN1c1cc(F)c(F)c(F)c1. The molecule has 10 heteroatoms. The van der Waals surface area contributed by atoms with Crippen molar-refractivity contribution in [2.75, 3.05) is 36.8 Å². The van der Waals surface area contributed by atoms with Crippen molar-refractivity contribution in [3.8, 4) is 5.75 Å². The minimum absolute atomic E-state index is 0.225. The van der Waals surface area contributed by atoms with Crippen LogP contribution in [0.4, 0.5) is 24.5 Å². The van der Waals surface area contributed by atoms with Gasteiger partial charge in [-0.25, -0.2) is 19.0 Å². The van der Waals surface area contributed by atoms with E-state index in [1.807, 2.05) is 36.2 Å². The smallest absolute Gasteiger partial charge is 0.194 e. The molecule has 0 saturated carbocycles. The van der Waals surface area contributed by atoms with Gasteiger partial charge in [0.25, 0.3) is 0 Å². The van der Waals surface area contributed by atoms with E-state index in [9.17, 15) is 13.2 Å². The number of allylic oxidation sites excluding steroid dienone is 1. The number of aliphatic imine (C=N–C) groups is 1. The van der Waals surface area contributed by atoms with Crippen LogP contribution in [0.25, 0.3) is 6.08 Å². The Hall–Kier alpha value is -3.66. The van der Waals surface area contributed by atoms with Crippen LogP contribution in [0.15, 0.2) is 53.3 Å². The highest BCUT2D eigenvalue weighted by atomic mass is 19.2. The number of benzene rings is 2. The van der Waals surface area contributed by atoms with Crippen molar-refractivity contribution in [3.63, 3.8) is 0 Å². The van der Waals surface area contributed by atoms with Crippen LogP contribution in [0.5, 0.6) is 5.75 Å². The van der Waals surface area contributed by atoms with Gasteiger partial charge in [-0.15, -0.1) is 0 Å². The van der Waals surface area contributed by atoms with Gasteiger partial charge < -0.3 is 10.5 Å². The average molecular weight is 475 g/mol. The Morgan fingerprint density at radius 1 is 1.18 bits per heavy atom. The van der Waals surface area contributed by atoms with Crippen molar-refractivity contribution in [1.29, 1.82) is 0 Å². The van der Waals surface area contributed by atoms with Gasteiger partial charge >= 0.3 is 0 Å². The van der Waals surface area contributed by atoms with Gasteiger partial charge in [-0.05, 0) is 37.1 Å².